The van der Waals surface area contributed by atoms with E-state index in [1.165, 1.54) is 56.8 Å². The predicted molar refractivity (Wildman–Crippen MR) is 179 cm³/mol. The van der Waals surface area contributed by atoms with E-state index in [-0.39, 0.29) is 34.0 Å². The van der Waals surface area contributed by atoms with Crippen LogP contribution >= 0.6 is 0 Å². The van der Waals surface area contributed by atoms with Crippen LogP contribution in [-0.2, 0) is 42.1 Å². The van der Waals surface area contributed by atoms with Gasteiger partial charge in [0.25, 0.3) is 0 Å². The summed E-state index contributed by atoms with van der Waals surface area (Å²) in [6.45, 7) is 3.06. The van der Waals surface area contributed by atoms with E-state index in [0.717, 1.165) is 0 Å². The number of rotatable bonds is 6. The molecule has 0 unspecified atom stereocenters. The molecule has 0 aliphatic heterocycles. The van der Waals surface area contributed by atoms with E-state index in [2.05, 4.69) is 30.4 Å². The van der Waals surface area contributed by atoms with Crippen molar-refractivity contribution in [3.05, 3.63) is 109 Å². The van der Waals surface area contributed by atoms with Crippen LogP contribution in [0.1, 0.15) is 34.6 Å². The van der Waals surface area contributed by atoms with E-state index in [1.54, 1.807) is 73.8 Å². The van der Waals surface area contributed by atoms with Crippen molar-refractivity contribution in [3.8, 4) is 23.3 Å². The molecule has 0 saturated carbocycles. The predicted octanol–water partition coefficient (Wildman–Crippen LogP) is 3.00. The number of hydrogen-bond acceptors (Lipinski definition) is 15. The molecule has 0 aromatic carbocycles. The maximum atomic E-state index is 11.2. The van der Waals surface area contributed by atoms with Crippen molar-refractivity contribution in [3.63, 3.8) is 0 Å². The van der Waals surface area contributed by atoms with Crippen molar-refractivity contribution in [2.75, 3.05) is 0 Å². The van der Waals surface area contributed by atoms with Crippen LogP contribution in [0.15, 0.2) is 98.1 Å². The molecule has 6 rings (SSSR count). The number of alkyl halides is 6. The van der Waals surface area contributed by atoms with Gasteiger partial charge in [-0.15, -0.1) is 0 Å². The van der Waals surface area contributed by atoms with E-state index < -0.39 is 43.2 Å². The van der Waals surface area contributed by atoms with Crippen LogP contribution in [-0.4, -0.2) is 114 Å². The van der Waals surface area contributed by atoms with Crippen molar-refractivity contribution in [1.82, 2.24) is 49.1 Å². The first-order valence-corrected chi connectivity index (χ1v) is 17.5. The Kier molecular flexibility index (Phi) is 18.4. The van der Waals surface area contributed by atoms with Crippen LogP contribution in [0.5, 0.6) is 0 Å². The summed E-state index contributed by atoms with van der Waals surface area (Å²) in [4.78, 5) is 40.4. The Morgan fingerprint density at radius 1 is 0.542 bits per heavy atom. The minimum absolute atomic E-state index is 0. The van der Waals surface area contributed by atoms with Gasteiger partial charge in [-0.25, -0.2) is 55.1 Å². The second-order valence-corrected chi connectivity index (χ2v) is 13.0. The van der Waals surface area contributed by atoms with Crippen molar-refractivity contribution in [1.29, 1.82) is 0 Å². The zero-order valence-electron chi connectivity index (χ0n) is 29.2. The van der Waals surface area contributed by atoms with Crippen LogP contribution in [0.4, 0.5) is 26.3 Å². The van der Waals surface area contributed by atoms with Gasteiger partial charge in [-0.3, -0.25) is 0 Å². The molecule has 0 aliphatic rings. The standard InChI is InChI=1S/2C12H9N5O2.C3H6O.2CHF3O3S.Fe/c2*18-12(19)9-7-10(16-5-1-3-13-16)15-11(8-9)17-6-2-4-14-17;1-3(2)4;2*2-1(3,4)8(5,6)7;/h2*1-8H,(H,18,19);1-2H3;2*(H,5,6,7);/q;;;;;+2/p-2. The third-order valence-electron chi connectivity index (χ3n) is 5.61. The van der Waals surface area contributed by atoms with E-state index >= 15 is 0 Å². The number of halogens is 6. The molecule has 59 heavy (non-hydrogen) atoms. The summed E-state index contributed by atoms with van der Waals surface area (Å²) in [7, 11) is -12.2. The number of pyridine rings is 2. The maximum Gasteiger partial charge on any atom is 2.00 e. The number of nitrogens with zero attached hydrogens (tertiary/aromatic N) is 10. The Morgan fingerprint density at radius 3 is 0.847 bits per heavy atom. The second kappa shape index (κ2) is 21.4. The van der Waals surface area contributed by atoms with Crippen LogP contribution in [0.3, 0.4) is 0 Å². The number of aromatic nitrogens is 10. The molecule has 0 aliphatic carbocycles. The van der Waals surface area contributed by atoms with Gasteiger partial charge in [-0.05, 0) is 62.4 Å². The molecule has 0 radical (unpaired) electrons. The SMILES string of the molecule is CC(C)=O.O=C(O)c1cc(-n2cccn2)nc(-n2cccn2)c1.O=C(O)c1cc(-n2cccn2)nc(-n2cccn2)c1.O=S(=O)([O-])C(F)(F)F.O=S(=O)([O-])C(F)(F)F.[Fe+2]. The van der Waals surface area contributed by atoms with E-state index in [9.17, 15) is 40.7 Å². The number of carboxylic acid groups (broad SMARTS) is 2. The van der Waals surface area contributed by atoms with Gasteiger partial charge in [-0.2, -0.15) is 46.7 Å². The first-order chi connectivity index (χ1) is 26.7. The second-order valence-electron chi connectivity index (χ2n) is 10.3. The minimum Gasteiger partial charge on any atom is -0.741 e. The van der Waals surface area contributed by atoms with E-state index in [1.807, 2.05) is 0 Å². The number of carbonyl (C=O) groups excluding carboxylic acids is 1. The summed E-state index contributed by atoms with van der Waals surface area (Å²) >= 11 is 0. The molecule has 0 fully saturated rings. The topological polar surface area (TPSA) is 303 Å². The fourth-order valence-corrected chi connectivity index (χ4v) is 3.34. The van der Waals surface area contributed by atoms with Crippen LogP contribution in [0, 0.1) is 0 Å². The minimum atomic E-state index is -6.09. The summed E-state index contributed by atoms with van der Waals surface area (Å²) < 4.78 is 124. The van der Waals surface area contributed by atoms with Gasteiger partial charge in [0.15, 0.2) is 43.5 Å². The Bertz CT molecular complexity index is 2210. The van der Waals surface area contributed by atoms with E-state index in [0.29, 0.717) is 23.3 Å². The normalized spacial score (nSPS) is 11.0. The molecule has 0 bridgehead atoms. The Labute approximate surface area is 337 Å². The number of carboxylic acids is 2. The average Bonchev–Trinajstić information content (AvgIpc) is 3.96. The quantitative estimate of drug-likeness (QED) is 0.105. The third-order valence-corrected chi connectivity index (χ3v) is 6.75. The molecular formula is C29H24F6FeN10O11S2. The summed E-state index contributed by atoms with van der Waals surface area (Å²) in [6.07, 6.45) is 13.2. The monoisotopic (exact) mass is 922 g/mol. The summed E-state index contributed by atoms with van der Waals surface area (Å²) in [6, 6.07) is 12.8. The maximum absolute atomic E-state index is 11.2. The van der Waals surface area contributed by atoms with Gasteiger partial charge in [0.1, 0.15) is 5.78 Å². The molecule has 21 nitrogen and oxygen atoms in total. The fraction of sp³-hybridized carbons (Fsp3) is 0.138. The number of aromatic carboxylic acids is 2. The Morgan fingerprint density at radius 2 is 0.729 bits per heavy atom. The summed E-state index contributed by atoms with van der Waals surface area (Å²) in [5.41, 5.74) is -11.0. The van der Waals surface area contributed by atoms with E-state index in [4.69, 9.17) is 36.2 Å². The van der Waals surface area contributed by atoms with Crippen molar-refractivity contribution in [2.24, 2.45) is 0 Å². The molecule has 0 atom stereocenters. The number of ketones is 1. The van der Waals surface area contributed by atoms with Crippen LogP contribution in [0.25, 0.3) is 23.3 Å². The van der Waals surface area contributed by atoms with Gasteiger partial charge < -0.3 is 24.1 Å². The molecule has 2 N–H and O–H groups in total. The molecule has 0 saturated heterocycles. The largest absolute Gasteiger partial charge is 2.00 e. The summed E-state index contributed by atoms with van der Waals surface area (Å²) in [5.74, 6) is -0.176. The average molecular weight is 923 g/mol. The van der Waals surface area contributed by atoms with Gasteiger partial charge in [0.2, 0.25) is 0 Å². The fourth-order valence-electron chi connectivity index (χ4n) is 3.34. The molecule has 30 heteroatoms. The van der Waals surface area contributed by atoms with Crippen molar-refractivity contribution >= 4 is 38.0 Å². The first-order valence-electron chi connectivity index (χ1n) is 14.7. The molecule has 6 heterocycles. The zero-order chi connectivity index (χ0) is 44.1. The van der Waals surface area contributed by atoms with Gasteiger partial charge >= 0.3 is 40.0 Å². The molecule has 6 aromatic heterocycles. The van der Waals surface area contributed by atoms with Crippen LogP contribution in [0.2, 0.25) is 0 Å². The third kappa shape index (κ3) is 16.6. The number of hydrogen-bond donors (Lipinski definition) is 2. The van der Waals surface area contributed by atoms with Crippen molar-refractivity contribution < 1.29 is 93.9 Å². The Hall–Kier alpha value is -6.33. The molecule has 318 valence electrons. The molecule has 0 amide bonds. The Balaban J connectivity index is 0.000000407. The smallest absolute Gasteiger partial charge is 0.741 e. The van der Waals surface area contributed by atoms with Gasteiger partial charge in [0, 0.05) is 49.6 Å². The van der Waals surface area contributed by atoms with Crippen LogP contribution < -0.4 is 0 Å². The molecule has 0 spiro atoms. The number of Topliss-reactive ketones (excluding diaryl/α,β-unsaturated/α-hetero) is 1. The molecular weight excluding hydrogens is 898 g/mol. The van der Waals surface area contributed by atoms with Gasteiger partial charge in [-0.1, -0.05) is 0 Å². The summed E-state index contributed by atoms with van der Waals surface area (Å²) in [5, 5.41) is 34.4. The number of carbonyl (C=O) groups is 3. The first kappa shape index (κ1) is 50.7. The van der Waals surface area contributed by atoms with Crippen molar-refractivity contribution in [2.45, 2.75) is 24.9 Å². The van der Waals surface area contributed by atoms with Gasteiger partial charge in [0.05, 0.1) is 11.1 Å². The molecule has 6 aromatic rings. The zero-order valence-corrected chi connectivity index (χ0v) is 32.0.